The Balaban J connectivity index is 2.66. The van der Waals surface area contributed by atoms with Gasteiger partial charge in [0, 0.05) is 23.7 Å². The predicted molar refractivity (Wildman–Crippen MR) is 118 cm³/mol. The van der Waals surface area contributed by atoms with Crippen molar-refractivity contribution < 1.29 is 28.6 Å². The fourth-order valence-corrected chi connectivity index (χ4v) is 2.97. The third-order valence-electron chi connectivity index (χ3n) is 4.15. The number of aldehydes is 1. The van der Waals surface area contributed by atoms with Crippen molar-refractivity contribution in [2.75, 3.05) is 20.6 Å². The van der Waals surface area contributed by atoms with Crippen LogP contribution in [0, 0.1) is 0 Å². The first-order chi connectivity index (χ1) is 14.2. The standard InChI is InChI=1S/C23H32N2O6/c1-22(2,3)30-20(27)25-13-15(11-12-24(7)8)18-17(10-9-16(14-26)19(18)25)29-21(28)31-23(4,5)6/h9-10,13-14H,11-12H2,1-8H3. The molecule has 0 unspecified atom stereocenters. The van der Waals surface area contributed by atoms with Crippen molar-refractivity contribution in [3.05, 3.63) is 29.5 Å². The molecule has 0 N–H and O–H groups in total. The second-order valence-corrected chi connectivity index (χ2v) is 9.62. The van der Waals surface area contributed by atoms with Crippen molar-refractivity contribution in [3.8, 4) is 5.75 Å². The maximum Gasteiger partial charge on any atom is 0.514 e. The molecule has 0 aliphatic rings. The molecule has 0 saturated carbocycles. The van der Waals surface area contributed by atoms with Gasteiger partial charge in [-0.25, -0.2) is 9.59 Å². The Morgan fingerprint density at radius 3 is 2.16 bits per heavy atom. The quantitative estimate of drug-likeness (QED) is 0.386. The Bertz CT molecular complexity index is 977. The van der Waals surface area contributed by atoms with Crippen LogP contribution in [-0.2, 0) is 15.9 Å². The van der Waals surface area contributed by atoms with Crippen molar-refractivity contribution in [1.29, 1.82) is 0 Å². The van der Waals surface area contributed by atoms with E-state index in [1.165, 1.54) is 16.7 Å². The zero-order valence-electron chi connectivity index (χ0n) is 19.6. The van der Waals surface area contributed by atoms with Crippen LogP contribution in [0.15, 0.2) is 18.3 Å². The Labute approximate surface area is 183 Å². The van der Waals surface area contributed by atoms with Crippen LogP contribution in [0.5, 0.6) is 5.75 Å². The SMILES string of the molecule is CN(C)CCc1cn(C(=O)OC(C)(C)C)c2c(C=O)ccc(OC(=O)OC(C)(C)C)c12. The summed E-state index contributed by atoms with van der Waals surface area (Å²) < 4.78 is 17.6. The van der Waals surface area contributed by atoms with Gasteiger partial charge in [0.25, 0.3) is 0 Å². The molecule has 31 heavy (non-hydrogen) atoms. The van der Waals surface area contributed by atoms with Gasteiger partial charge in [0.2, 0.25) is 0 Å². The van der Waals surface area contributed by atoms with Crippen LogP contribution in [0.3, 0.4) is 0 Å². The molecule has 1 aromatic heterocycles. The summed E-state index contributed by atoms with van der Waals surface area (Å²) in [4.78, 5) is 39.0. The summed E-state index contributed by atoms with van der Waals surface area (Å²) >= 11 is 0. The summed E-state index contributed by atoms with van der Waals surface area (Å²) in [6.07, 6.45) is 1.38. The van der Waals surface area contributed by atoms with Crippen LogP contribution in [0.4, 0.5) is 9.59 Å². The van der Waals surface area contributed by atoms with E-state index in [-0.39, 0.29) is 11.3 Å². The monoisotopic (exact) mass is 432 g/mol. The largest absolute Gasteiger partial charge is 0.514 e. The molecule has 0 atom stereocenters. The summed E-state index contributed by atoms with van der Waals surface area (Å²) in [6.45, 7) is 11.2. The molecule has 2 aromatic rings. The van der Waals surface area contributed by atoms with E-state index in [9.17, 15) is 14.4 Å². The number of fused-ring (bicyclic) bond motifs is 1. The van der Waals surface area contributed by atoms with E-state index in [1.807, 2.05) is 19.0 Å². The zero-order chi connectivity index (χ0) is 23.6. The molecule has 8 nitrogen and oxygen atoms in total. The topological polar surface area (TPSA) is 87.1 Å². The fraction of sp³-hybridized carbons (Fsp3) is 0.522. The molecule has 0 radical (unpaired) electrons. The van der Waals surface area contributed by atoms with Crippen molar-refractivity contribution in [2.24, 2.45) is 0 Å². The third kappa shape index (κ3) is 6.55. The van der Waals surface area contributed by atoms with Crippen LogP contribution in [0.2, 0.25) is 0 Å². The van der Waals surface area contributed by atoms with Crippen molar-refractivity contribution >= 4 is 29.4 Å². The first-order valence-electron chi connectivity index (χ1n) is 10.1. The van der Waals surface area contributed by atoms with Gasteiger partial charge < -0.3 is 19.1 Å². The summed E-state index contributed by atoms with van der Waals surface area (Å²) in [6, 6.07) is 3.04. The van der Waals surface area contributed by atoms with Crippen LogP contribution in [0.1, 0.15) is 57.5 Å². The number of aromatic nitrogens is 1. The van der Waals surface area contributed by atoms with Gasteiger partial charge in [0.15, 0.2) is 6.29 Å². The van der Waals surface area contributed by atoms with Gasteiger partial charge in [-0.3, -0.25) is 9.36 Å². The average Bonchev–Trinajstić information content (AvgIpc) is 2.97. The maximum atomic E-state index is 12.9. The van der Waals surface area contributed by atoms with E-state index in [2.05, 4.69) is 0 Å². The number of nitrogens with zero attached hydrogens (tertiary/aromatic N) is 2. The van der Waals surface area contributed by atoms with E-state index >= 15 is 0 Å². The highest BCUT2D eigenvalue weighted by molar-refractivity contribution is 6.05. The molecule has 1 heterocycles. The fourth-order valence-electron chi connectivity index (χ4n) is 2.97. The van der Waals surface area contributed by atoms with Crippen LogP contribution < -0.4 is 4.74 Å². The number of rotatable bonds is 5. The number of ether oxygens (including phenoxy) is 3. The van der Waals surface area contributed by atoms with Gasteiger partial charge in [-0.2, -0.15) is 0 Å². The van der Waals surface area contributed by atoms with E-state index in [0.29, 0.717) is 30.2 Å². The lowest BCUT2D eigenvalue weighted by Gasteiger charge is -2.20. The molecule has 0 aliphatic carbocycles. The molecule has 0 spiro atoms. The smallest absolute Gasteiger partial charge is 0.443 e. The molecular formula is C23H32N2O6. The number of hydrogen-bond donors (Lipinski definition) is 0. The second kappa shape index (κ2) is 9.09. The lowest BCUT2D eigenvalue weighted by atomic mass is 10.1. The highest BCUT2D eigenvalue weighted by Crippen LogP contribution is 2.34. The number of carbonyl (C=O) groups excluding carboxylic acids is 3. The van der Waals surface area contributed by atoms with Gasteiger partial charge in [-0.05, 0) is 79.8 Å². The Morgan fingerprint density at radius 1 is 1.03 bits per heavy atom. The van der Waals surface area contributed by atoms with E-state index in [4.69, 9.17) is 14.2 Å². The van der Waals surface area contributed by atoms with E-state index in [1.54, 1.807) is 47.7 Å². The number of likely N-dealkylation sites (N-methyl/N-ethyl adjacent to an activating group) is 1. The van der Waals surface area contributed by atoms with Gasteiger partial charge in [0.1, 0.15) is 17.0 Å². The summed E-state index contributed by atoms with van der Waals surface area (Å²) in [5, 5.41) is 0.503. The predicted octanol–water partition coefficient (Wildman–Crippen LogP) is 4.66. The average molecular weight is 433 g/mol. The molecule has 8 heteroatoms. The van der Waals surface area contributed by atoms with E-state index in [0.717, 1.165) is 5.56 Å². The van der Waals surface area contributed by atoms with Crippen molar-refractivity contribution in [2.45, 2.75) is 59.2 Å². The third-order valence-corrected chi connectivity index (χ3v) is 4.15. The van der Waals surface area contributed by atoms with Crippen molar-refractivity contribution in [1.82, 2.24) is 9.47 Å². The van der Waals surface area contributed by atoms with Gasteiger partial charge in [-0.1, -0.05) is 0 Å². The zero-order valence-corrected chi connectivity index (χ0v) is 19.6. The minimum atomic E-state index is -0.865. The lowest BCUT2D eigenvalue weighted by molar-refractivity contribution is 0.0209. The molecule has 0 fully saturated rings. The van der Waals surface area contributed by atoms with Crippen LogP contribution in [-0.4, -0.2) is 59.8 Å². The van der Waals surface area contributed by atoms with E-state index < -0.39 is 23.5 Å². The maximum absolute atomic E-state index is 12.9. The second-order valence-electron chi connectivity index (χ2n) is 9.62. The van der Waals surface area contributed by atoms with Gasteiger partial charge in [-0.15, -0.1) is 0 Å². The minimum absolute atomic E-state index is 0.214. The molecule has 170 valence electrons. The summed E-state index contributed by atoms with van der Waals surface area (Å²) in [7, 11) is 3.87. The highest BCUT2D eigenvalue weighted by atomic mass is 16.7. The number of carbonyl (C=O) groups is 3. The number of hydrogen-bond acceptors (Lipinski definition) is 7. The minimum Gasteiger partial charge on any atom is -0.443 e. The highest BCUT2D eigenvalue weighted by Gasteiger charge is 2.26. The molecule has 1 aromatic carbocycles. The first-order valence-corrected chi connectivity index (χ1v) is 10.1. The normalized spacial score (nSPS) is 12.2. The molecule has 0 aliphatic heterocycles. The van der Waals surface area contributed by atoms with Crippen LogP contribution in [0.25, 0.3) is 10.9 Å². The Morgan fingerprint density at radius 2 is 1.65 bits per heavy atom. The molecule has 0 amide bonds. The lowest BCUT2D eigenvalue weighted by Crippen LogP contribution is -2.27. The Kier molecular flexibility index (Phi) is 7.16. The Hall–Kier alpha value is -2.87. The molecular weight excluding hydrogens is 400 g/mol. The molecule has 0 saturated heterocycles. The van der Waals surface area contributed by atoms with Crippen molar-refractivity contribution in [3.63, 3.8) is 0 Å². The first kappa shape index (κ1) is 24.4. The van der Waals surface area contributed by atoms with Gasteiger partial charge in [0.05, 0.1) is 5.52 Å². The van der Waals surface area contributed by atoms with Gasteiger partial charge >= 0.3 is 12.2 Å². The summed E-state index contributed by atoms with van der Waals surface area (Å²) in [5.41, 5.74) is -0.0807. The summed E-state index contributed by atoms with van der Waals surface area (Å²) in [5.74, 6) is 0.214. The molecule has 0 bridgehead atoms. The number of benzene rings is 1. The van der Waals surface area contributed by atoms with Crippen LogP contribution >= 0.6 is 0 Å². The molecule has 2 rings (SSSR count).